The average Bonchev–Trinajstić information content (AvgIpc) is 3.28. The molecule has 0 saturated heterocycles. The largest absolute Gasteiger partial charge is 0.0613 e. The van der Waals surface area contributed by atoms with Gasteiger partial charge in [0.1, 0.15) is 0 Å². The molecule has 3 aliphatic carbocycles. The first-order chi connectivity index (χ1) is 13.1. The summed E-state index contributed by atoms with van der Waals surface area (Å²) in [6.07, 6.45) is 2.27. The van der Waals surface area contributed by atoms with Crippen LogP contribution in [0, 0.1) is 0 Å². The first kappa shape index (κ1) is 13.3. The highest BCUT2D eigenvalue weighted by Gasteiger charge is 2.39. The Morgan fingerprint density at radius 2 is 1.41 bits per heavy atom. The van der Waals surface area contributed by atoms with E-state index in [4.69, 9.17) is 0 Å². The summed E-state index contributed by atoms with van der Waals surface area (Å²) in [7, 11) is 0. The topological polar surface area (TPSA) is 0 Å². The molecule has 5 aromatic rings. The van der Waals surface area contributed by atoms with E-state index in [0.717, 1.165) is 6.42 Å². The Morgan fingerprint density at radius 1 is 0.630 bits per heavy atom. The van der Waals surface area contributed by atoms with Crippen molar-refractivity contribution in [2.75, 3.05) is 0 Å². The fourth-order valence-corrected chi connectivity index (χ4v) is 6.86. The molecule has 5 aromatic carbocycles. The minimum atomic E-state index is 0.225. The molecule has 126 valence electrons. The fourth-order valence-electron chi connectivity index (χ4n) is 6.86. The summed E-state index contributed by atoms with van der Waals surface area (Å²) >= 11 is 0. The molecule has 8 rings (SSSR count). The Kier molecular flexibility index (Phi) is 1.84. The maximum absolute atomic E-state index is 2.45. The van der Waals surface area contributed by atoms with Crippen LogP contribution in [0.1, 0.15) is 36.1 Å². The first-order valence-corrected chi connectivity index (χ1v) is 10.1. The van der Waals surface area contributed by atoms with Crippen molar-refractivity contribution in [1.82, 2.24) is 0 Å². The van der Waals surface area contributed by atoms with Crippen LogP contribution in [0.3, 0.4) is 0 Å². The Bertz CT molecular complexity index is 1580. The molecule has 0 fully saturated rings. The molecule has 0 bridgehead atoms. The third-order valence-electron chi connectivity index (χ3n) is 7.62. The second-order valence-electron chi connectivity index (χ2n) is 9.43. The van der Waals surface area contributed by atoms with Gasteiger partial charge in [-0.05, 0) is 94.7 Å². The molecular weight excluding hydrogens is 324 g/mol. The van der Waals surface area contributed by atoms with Crippen molar-refractivity contribution in [3.05, 3.63) is 70.8 Å². The van der Waals surface area contributed by atoms with Gasteiger partial charge in [0.2, 0.25) is 0 Å². The van der Waals surface area contributed by atoms with Crippen LogP contribution < -0.4 is 0 Å². The van der Waals surface area contributed by atoms with Gasteiger partial charge in [-0.15, -0.1) is 0 Å². The van der Waals surface area contributed by atoms with Crippen molar-refractivity contribution in [2.24, 2.45) is 0 Å². The SMILES string of the molecule is CC1(C)Cc2ccc3c4c2c1c1c2c5c(cccc5c5cccc-3c5c42)C1. The number of rotatable bonds is 0. The summed E-state index contributed by atoms with van der Waals surface area (Å²) in [5.41, 5.74) is 9.49. The zero-order valence-corrected chi connectivity index (χ0v) is 15.5. The molecule has 0 radical (unpaired) electrons. The predicted molar refractivity (Wildman–Crippen MR) is 115 cm³/mol. The molecule has 0 amide bonds. The minimum absolute atomic E-state index is 0.225. The maximum atomic E-state index is 2.45. The lowest BCUT2D eigenvalue weighted by atomic mass is 9.80. The van der Waals surface area contributed by atoms with Crippen LogP contribution >= 0.6 is 0 Å². The zero-order chi connectivity index (χ0) is 17.7. The lowest BCUT2D eigenvalue weighted by Crippen LogP contribution is -2.17. The van der Waals surface area contributed by atoms with Crippen LogP contribution in [-0.4, -0.2) is 0 Å². The maximum Gasteiger partial charge on any atom is -0.000454 e. The van der Waals surface area contributed by atoms with Crippen LogP contribution in [0.2, 0.25) is 0 Å². The highest BCUT2D eigenvalue weighted by Crippen LogP contribution is 2.59. The predicted octanol–water partition coefficient (Wildman–Crippen LogP) is 7.02. The molecule has 0 heterocycles. The monoisotopic (exact) mass is 342 g/mol. The van der Waals surface area contributed by atoms with E-state index >= 15 is 0 Å². The molecule has 0 aromatic heterocycles. The Balaban J connectivity index is 1.87. The van der Waals surface area contributed by atoms with E-state index < -0.39 is 0 Å². The number of benzene rings is 5. The van der Waals surface area contributed by atoms with Crippen LogP contribution in [0.5, 0.6) is 0 Å². The van der Waals surface area contributed by atoms with Gasteiger partial charge in [0.15, 0.2) is 0 Å². The normalized spacial score (nSPS) is 17.3. The van der Waals surface area contributed by atoms with Crippen LogP contribution in [0.4, 0.5) is 0 Å². The highest BCUT2D eigenvalue weighted by atomic mass is 14.4. The third kappa shape index (κ3) is 1.19. The zero-order valence-electron chi connectivity index (χ0n) is 15.5. The third-order valence-corrected chi connectivity index (χ3v) is 7.62. The number of hydrogen-bond acceptors (Lipinski definition) is 0. The molecule has 0 heteroatoms. The molecule has 0 nitrogen and oxygen atoms in total. The molecule has 3 aliphatic rings. The standard InChI is InChI=1S/C27H18/c1-27(2)12-14-9-10-18-17-8-4-7-16-15-6-3-5-13-11-19-24(20(13)15)25(22(16)17)23(18)21(14)26(19)27/h3-10H,11-12H2,1-2H3. The van der Waals surface area contributed by atoms with Gasteiger partial charge < -0.3 is 0 Å². The molecule has 0 aliphatic heterocycles. The second kappa shape index (κ2) is 3.73. The van der Waals surface area contributed by atoms with Crippen molar-refractivity contribution < 1.29 is 0 Å². The summed E-state index contributed by atoms with van der Waals surface area (Å²) in [4.78, 5) is 0. The van der Waals surface area contributed by atoms with Crippen molar-refractivity contribution >= 4 is 43.1 Å². The van der Waals surface area contributed by atoms with E-state index in [-0.39, 0.29) is 5.41 Å². The van der Waals surface area contributed by atoms with Gasteiger partial charge in [0.05, 0.1) is 0 Å². The summed E-state index contributed by atoms with van der Waals surface area (Å²) in [5.74, 6) is 0. The molecule has 27 heavy (non-hydrogen) atoms. The molecular formula is C27H18. The van der Waals surface area contributed by atoms with Crippen LogP contribution in [0.25, 0.3) is 54.2 Å². The van der Waals surface area contributed by atoms with E-state index in [9.17, 15) is 0 Å². The van der Waals surface area contributed by atoms with E-state index in [1.165, 1.54) is 44.7 Å². The van der Waals surface area contributed by atoms with E-state index in [1.807, 2.05) is 0 Å². The molecule has 0 unspecified atom stereocenters. The molecule has 0 atom stereocenters. The summed E-state index contributed by atoms with van der Waals surface area (Å²) in [6.45, 7) is 4.90. The Labute approximate surface area is 157 Å². The highest BCUT2D eigenvalue weighted by molar-refractivity contribution is 6.42. The summed E-state index contributed by atoms with van der Waals surface area (Å²) in [6, 6.07) is 18.7. The molecule has 0 spiro atoms. The Hall–Kier alpha value is -2.86. The quantitative estimate of drug-likeness (QED) is 0.260. The summed E-state index contributed by atoms with van der Waals surface area (Å²) in [5, 5.41) is 12.2. The van der Waals surface area contributed by atoms with Crippen molar-refractivity contribution in [3.8, 4) is 11.1 Å². The lowest BCUT2D eigenvalue weighted by Gasteiger charge is -2.23. The van der Waals surface area contributed by atoms with Gasteiger partial charge in [0, 0.05) is 0 Å². The van der Waals surface area contributed by atoms with Crippen molar-refractivity contribution in [3.63, 3.8) is 0 Å². The summed E-state index contributed by atoms with van der Waals surface area (Å²) < 4.78 is 0. The average molecular weight is 342 g/mol. The van der Waals surface area contributed by atoms with Gasteiger partial charge in [-0.25, -0.2) is 0 Å². The molecule has 0 N–H and O–H groups in total. The Morgan fingerprint density at radius 3 is 2.30 bits per heavy atom. The first-order valence-electron chi connectivity index (χ1n) is 10.1. The molecule has 0 saturated carbocycles. The number of fused-ring (bicyclic) bond motifs is 3. The van der Waals surface area contributed by atoms with Crippen molar-refractivity contribution in [1.29, 1.82) is 0 Å². The van der Waals surface area contributed by atoms with E-state index in [1.54, 1.807) is 38.2 Å². The van der Waals surface area contributed by atoms with Gasteiger partial charge in [-0.2, -0.15) is 0 Å². The van der Waals surface area contributed by atoms with Gasteiger partial charge in [-0.1, -0.05) is 62.4 Å². The van der Waals surface area contributed by atoms with Gasteiger partial charge in [0.25, 0.3) is 0 Å². The van der Waals surface area contributed by atoms with E-state index in [0.29, 0.717) is 0 Å². The lowest BCUT2D eigenvalue weighted by molar-refractivity contribution is 0.543. The van der Waals surface area contributed by atoms with Crippen molar-refractivity contribution in [2.45, 2.75) is 32.1 Å². The smallest absolute Gasteiger partial charge is 0.000454 e. The van der Waals surface area contributed by atoms with Gasteiger partial charge in [-0.3, -0.25) is 0 Å². The fraction of sp³-hybridized carbons (Fsp3) is 0.185. The second-order valence-corrected chi connectivity index (χ2v) is 9.43. The van der Waals surface area contributed by atoms with Crippen LogP contribution in [-0.2, 0) is 18.3 Å². The van der Waals surface area contributed by atoms with E-state index in [2.05, 4.69) is 62.4 Å². The van der Waals surface area contributed by atoms with Crippen LogP contribution in [0.15, 0.2) is 48.5 Å². The number of hydrogen-bond donors (Lipinski definition) is 0. The minimum Gasteiger partial charge on any atom is -0.0613 e. The van der Waals surface area contributed by atoms with Gasteiger partial charge >= 0.3 is 0 Å².